The standard InChI is InChI=1S/C17H25N3O3/c1-2-18-17(20-13-4-6-14(21)7-5-13)19-10-12-3-8-15-16(9-12)23-11-22-15/h3,8-9,13-14,21H,2,4-7,10-11H2,1H3,(H2,18,19,20). The Bertz CT molecular complexity index is 554. The minimum Gasteiger partial charge on any atom is -0.454 e. The lowest BCUT2D eigenvalue weighted by atomic mass is 9.93. The molecule has 1 aliphatic carbocycles. The highest BCUT2D eigenvalue weighted by molar-refractivity contribution is 5.80. The van der Waals surface area contributed by atoms with Crippen LogP contribution >= 0.6 is 0 Å². The molecule has 0 aromatic heterocycles. The lowest BCUT2D eigenvalue weighted by Crippen LogP contribution is -2.45. The first kappa shape index (κ1) is 15.9. The molecule has 1 aromatic rings. The Kier molecular flexibility index (Phi) is 5.23. The molecule has 0 radical (unpaired) electrons. The number of aliphatic hydroxyl groups excluding tert-OH is 1. The second kappa shape index (κ2) is 7.55. The first-order chi connectivity index (χ1) is 11.2. The van der Waals surface area contributed by atoms with Gasteiger partial charge in [0.2, 0.25) is 6.79 Å². The van der Waals surface area contributed by atoms with Crippen LogP contribution in [0.2, 0.25) is 0 Å². The van der Waals surface area contributed by atoms with Crippen LogP contribution in [0.4, 0.5) is 0 Å². The zero-order valence-electron chi connectivity index (χ0n) is 13.5. The highest BCUT2D eigenvalue weighted by Crippen LogP contribution is 2.32. The molecular weight excluding hydrogens is 294 g/mol. The summed E-state index contributed by atoms with van der Waals surface area (Å²) in [7, 11) is 0. The largest absolute Gasteiger partial charge is 0.454 e. The van der Waals surface area contributed by atoms with Crippen molar-refractivity contribution in [2.75, 3.05) is 13.3 Å². The number of hydrogen-bond acceptors (Lipinski definition) is 4. The normalized spacial score (nSPS) is 23.7. The molecule has 126 valence electrons. The summed E-state index contributed by atoms with van der Waals surface area (Å²) in [6, 6.07) is 6.30. The molecule has 3 N–H and O–H groups in total. The van der Waals surface area contributed by atoms with Crippen molar-refractivity contribution < 1.29 is 14.6 Å². The van der Waals surface area contributed by atoms with Gasteiger partial charge in [0.15, 0.2) is 17.5 Å². The van der Waals surface area contributed by atoms with Crippen LogP contribution in [0, 0.1) is 0 Å². The second-order valence-corrected chi connectivity index (χ2v) is 6.03. The number of fused-ring (bicyclic) bond motifs is 1. The van der Waals surface area contributed by atoms with Crippen LogP contribution < -0.4 is 20.1 Å². The van der Waals surface area contributed by atoms with Gasteiger partial charge in [0.1, 0.15) is 0 Å². The predicted molar refractivity (Wildman–Crippen MR) is 88.8 cm³/mol. The van der Waals surface area contributed by atoms with Crippen LogP contribution in [0.1, 0.15) is 38.2 Å². The third-order valence-electron chi connectivity index (χ3n) is 4.24. The van der Waals surface area contributed by atoms with Crippen molar-refractivity contribution in [3.63, 3.8) is 0 Å². The monoisotopic (exact) mass is 319 g/mol. The van der Waals surface area contributed by atoms with E-state index in [4.69, 9.17) is 9.47 Å². The lowest BCUT2D eigenvalue weighted by molar-refractivity contribution is 0.120. The lowest BCUT2D eigenvalue weighted by Gasteiger charge is -2.27. The highest BCUT2D eigenvalue weighted by Gasteiger charge is 2.20. The Labute approximate surface area is 136 Å². The summed E-state index contributed by atoms with van der Waals surface area (Å²) < 4.78 is 10.7. The molecule has 1 saturated carbocycles. The first-order valence-electron chi connectivity index (χ1n) is 8.36. The van der Waals surface area contributed by atoms with Gasteiger partial charge in [-0.05, 0) is 50.3 Å². The van der Waals surface area contributed by atoms with Crippen molar-refractivity contribution in [2.45, 2.75) is 51.3 Å². The molecule has 6 nitrogen and oxygen atoms in total. The van der Waals surface area contributed by atoms with Crippen molar-refractivity contribution in [1.29, 1.82) is 0 Å². The minimum atomic E-state index is -0.138. The number of nitrogens with one attached hydrogen (secondary N) is 2. The molecule has 1 heterocycles. The molecule has 2 aliphatic rings. The number of nitrogens with zero attached hydrogens (tertiary/aromatic N) is 1. The fourth-order valence-electron chi connectivity index (χ4n) is 2.94. The van der Waals surface area contributed by atoms with E-state index in [1.165, 1.54) is 0 Å². The van der Waals surface area contributed by atoms with Crippen molar-refractivity contribution in [1.82, 2.24) is 10.6 Å². The van der Waals surface area contributed by atoms with Crippen LogP contribution in [-0.4, -0.2) is 36.5 Å². The molecule has 0 unspecified atom stereocenters. The van der Waals surface area contributed by atoms with Gasteiger partial charge in [-0.15, -0.1) is 0 Å². The Morgan fingerprint density at radius 2 is 2.00 bits per heavy atom. The Morgan fingerprint density at radius 1 is 1.22 bits per heavy atom. The average molecular weight is 319 g/mol. The molecule has 23 heavy (non-hydrogen) atoms. The summed E-state index contributed by atoms with van der Waals surface area (Å²) in [4.78, 5) is 4.66. The minimum absolute atomic E-state index is 0.138. The molecule has 0 amide bonds. The van der Waals surface area contributed by atoms with Crippen LogP contribution in [0.15, 0.2) is 23.2 Å². The van der Waals surface area contributed by atoms with Gasteiger partial charge in [-0.1, -0.05) is 6.07 Å². The molecule has 1 aliphatic heterocycles. The van der Waals surface area contributed by atoms with E-state index in [-0.39, 0.29) is 6.10 Å². The van der Waals surface area contributed by atoms with Crippen molar-refractivity contribution in [3.05, 3.63) is 23.8 Å². The van der Waals surface area contributed by atoms with Gasteiger partial charge in [0.25, 0.3) is 0 Å². The third-order valence-corrected chi connectivity index (χ3v) is 4.24. The Balaban J connectivity index is 1.60. The Morgan fingerprint density at radius 3 is 2.78 bits per heavy atom. The van der Waals surface area contributed by atoms with Crippen LogP contribution in [0.3, 0.4) is 0 Å². The summed E-state index contributed by atoms with van der Waals surface area (Å²) in [6.45, 7) is 3.76. The average Bonchev–Trinajstić information content (AvgIpc) is 3.02. The fourth-order valence-corrected chi connectivity index (χ4v) is 2.94. The van der Waals surface area contributed by atoms with E-state index >= 15 is 0 Å². The van der Waals surface area contributed by atoms with Gasteiger partial charge in [-0.3, -0.25) is 0 Å². The van der Waals surface area contributed by atoms with Gasteiger partial charge < -0.3 is 25.2 Å². The summed E-state index contributed by atoms with van der Waals surface area (Å²) >= 11 is 0. The molecule has 6 heteroatoms. The summed E-state index contributed by atoms with van der Waals surface area (Å²) in [6.07, 6.45) is 3.55. The van der Waals surface area contributed by atoms with E-state index in [1.807, 2.05) is 18.2 Å². The molecule has 1 aromatic carbocycles. The van der Waals surface area contributed by atoms with E-state index in [2.05, 4.69) is 22.5 Å². The Hall–Kier alpha value is -1.95. The number of benzene rings is 1. The number of guanidine groups is 1. The van der Waals surface area contributed by atoms with E-state index in [0.717, 1.165) is 55.3 Å². The molecular formula is C17H25N3O3. The fraction of sp³-hybridized carbons (Fsp3) is 0.588. The number of rotatable bonds is 4. The van der Waals surface area contributed by atoms with Crippen molar-refractivity contribution in [2.24, 2.45) is 4.99 Å². The SMILES string of the molecule is CCNC(=NCc1ccc2c(c1)OCO2)NC1CCC(O)CC1. The smallest absolute Gasteiger partial charge is 0.231 e. The van der Waals surface area contributed by atoms with Crippen LogP contribution in [0.25, 0.3) is 0 Å². The van der Waals surface area contributed by atoms with Gasteiger partial charge in [0, 0.05) is 12.6 Å². The van der Waals surface area contributed by atoms with Crippen LogP contribution in [-0.2, 0) is 6.54 Å². The molecule has 1 fully saturated rings. The molecule has 0 bridgehead atoms. The number of hydrogen-bond donors (Lipinski definition) is 3. The maximum Gasteiger partial charge on any atom is 0.231 e. The van der Waals surface area contributed by atoms with E-state index in [0.29, 0.717) is 19.4 Å². The predicted octanol–water partition coefficient (Wildman–Crippen LogP) is 1.77. The number of aliphatic imine (C=N–C) groups is 1. The van der Waals surface area contributed by atoms with Crippen molar-refractivity contribution in [3.8, 4) is 11.5 Å². The molecule has 3 rings (SSSR count). The van der Waals surface area contributed by atoms with Gasteiger partial charge in [-0.25, -0.2) is 4.99 Å². The molecule has 0 saturated heterocycles. The third kappa shape index (κ3) is 4.28. The molecule has 0 spiro atoms. The van der Waals surface area contributed by atoms with Crippen molar-refractivity contribution >= 4 is 5.96 Å². The van der Waals surface area contributed by atoms with Gasteiger partial charge in [0.05, 0.1) is 12.6 Å². The van der Waals surface area contributed by atoms with Crippen LogP contribution in [0.5, 0.6) is 11.5 Å². The van der Waals surface area contributed by atoms with E-state index in [9.17, 15) is 5.11 Å². The first-order valence-corrected chi connectivity index (χ1v) is 8.36. The summed E-state index contributed by atoms with van der Waals surface area (Å²) in [5.41, 5.74) is 1.09. The van der Waals surface area contributed by atoms with Gasteiger partial charge in [-0.2, -0.15) is 0 Å². The summed E-state index contributed by atoms with van der Waals surface area (Å²) in [5, 5.41) is 16.4. The second-order valence-electron chi connectivity index (χ2n) is 6.03. The maximum atomic E-state index is 9.60. The van der Waals surface area contributed by atoms with E-state index in [1.54, 1.807) is 0 Å². The van der Waals surface area contributed by atoms with Gasteiger partial charge >= 0.3 is 0 Å². The molecule has 0 atom stereocenters. The highest BCUT2D eigenvalue weighted by atomic mass is 16.7. The zero-order chi connectivity index (χ0) is 16.1. The number of ether oxygens (including phenoxy) is 2. The maximum absolute atomic E-state index is 9.60. The summed E-state index contributed by atoms with van der Waals surface area (Å²) in [5.74, 6) is 2.41. The number of aliphatic hydroxyl groups is 1. The zero-order valence-corrected chi connectivity index (χ0v) is 13.5. The topological polar surface area (TPSA) is 75.1 Å². The quantitative estimate of drug-likeness (QED) is 0.582. The van der Waals surface area contributed by atoms with E-state index < -0.39 is 0 Å².